The van der Waals surface area contributed by atoms with Crippen molar-refractivity contribution in [3.05, 3.63) is 53.9 Å². The number of ether oxygens (including phenoxy) is 1. The Bertz CT molecular complexity index is 730. The molecule has 0 unspecified atom stereocenters. The van der Waals surface area contributed by atoms with Crippen molar-refractivity contribution in [1.29, 1.82) is 0 Å². The van der Waals surface area contributed by atoms with Crippen LogP contribution in [0.1, 0.15) is 11.3 Å². The van der Waals surface area contributed by atoms with Crippen LogP contribution in [0.5, 0.6) is 5.75 Å². The molecule has 21 heavy (non-hydrogen) atoms. The first-order chi connectivity index (χ1) is 10.3. The number of aromatic amines is 1. The number of nitrogens with one attached hydrogen (secondary N) is 2. The summed E-state index contributed by atoms with van der Waals surface area (Å²) in [5.74, 6) is 2.49. The number of rotatable bonds is 5. The van der Waals surface area contributed by atoms with Crippen LogP contribution in [-0.4, -0.2) is 17.3 Å². The Hall–Kier alpha value is -2.69. The third kappa shape index (κ3) is 2.76. The van der Waals surface area contributed by atoms with Crippen molar-refractivity contribution in [3.63, 3.8) is 0 Å². The Balaban J connectivity index is 1.79. The zero-order valence-corrected chi connectivity index (χ0v) is 12.0. The largest absolute Gasteiger partial charge is 0.495 e. The van der Waals surface area contributed by atoms with Gasteiger partial charge in [0.2, 0.25) is 0 Å². The SMILES string of the molecule is COc1ccccc1NCc1cn[nH]c1-c1ccc(C)o1. The quantitative estimate of drug-likeness (QED) is 0.751. The van der Waals surface area contributed by atoms with E-state index in [-0.39, 0.29) is 0 Å². The van der Waals surface area contributed by atoms with E-state index >= 15 is 0 Å². The molecule has 0 atom stereocenters. The van der Waals surface area contributed by atoms with Gasteiger partial charge in [-0.25, -0.2) is 0 Å². The van der Waals surface area contributed by atoms with E-state index in [1.165, 1.54) is 0 Å². The third-order valence-corrected chi connectivity index (χ3v) is 3.28. The topological polar surface area (TPSA) is 63.1 Å². The van der Waals surface area contributed by atoms with Gasteiger partial charge in [-0.15, -0.1) is 0 Å². The molecule has 0 aliphatic carbocycles. The van der Waals surface area contributed by atoms with Gasteiger partial charge in [0.15, 0.2) is 5.76 Å². The molecule has 0 spiro atoms. The highest BCUT2D eigenvalue weighted by Gasteiger charge is 2.11. The lowest BCUT2D eigenvalue weighted by Gasteiger charge is -2.10. The molecule has 0 aliphatic rings. The summed E-state index contributed by atoms with van der Waals surface area (Å²) in [7, 11) is 1.66. The van der Waals surface area contributed by atoms with Crippen LogP contribution >= 0.6 is 0 Å². The molecule has 5 heteroatoms. The minimum atomic E-state index is 0.631. The van der Waals surface area contributed by atoms with Gasteiger partial charge >= 0.3 is 0 Å². The molecule has 5 nitrogen and oxygen atoms in total. The number of anilines is 1. The number of nitrogens with zero attached hydrogens (tertiary/aromatic N) is 1. The second kappa shape index (κ2) is 5.75. The van der Waals surface area contributed by atoms with Crippen LogP contribution in [0, 0.1) is 6.92 Å². The highest BCUT2D eigenvalue weighted by atomic mass is 16.5. The maximum atomic E-state index is 5.64. The van der Waals surface area contributed by atoms with E-state index in [4.69, 9.17) is 9.15 Å². The number of H-pyrrole nitrogens is 1. The van der Waals surface area contributed by atoms with Crippen LogP contribution in [0.3, 0.4) is 0 Å². The first-order valence-electron chi connectivity index (χ1n) is 6.74. The highest BCUT2D eigenvalue weighted by molar-refractivity contribution is 5.60. The van der Waals surface area contributed by atoms with E-state index in [0.29, 0.717) is 6.54 Å². The number of hydrogen-bond acceptors (Lipinski definition) is 4. The monoisotopic (exact) mass is 283 g/mol. The summed E-state index contributed by atoms with van der Waals surface area (Å²) in [6, 6.07) is 11.7. The Morgan fingerprint density at radius 2 is 2.10 bits per heavy atom. The number of furan rings is 1. The van der Waals surface area contributed by atoms with Gasteiger partial charge in [-0.2, -0.15) is 5.10 Å². The number of hydrogen-bond donors (Lipinski definition) is 2. The molecule has 1 aromatic carbocycles. The molecule has 0 bridgehead atoms. The lowest BCUT2D eigenvalue weighted by atomic mass is 10.2. The van der Waals surface area contributed by atoms with Gasteiger partial charge in [0.1, 0.15) is 17.2 Å². The van der Waals surface area contributed by atoms with Crippen LogP contribution in [0.4, 0.5) is 5.69 Å². The molecule has 0 aliphatic heterocycles. The molecule has 0 amide bonds. The summed E-state index contributed by atoms with van der Waals surface area (Å²) < 4.78 is 11.0. The molecule has 2 aromatic heterocycles. The van der Waals surface area contributed by atoms with Crippen molar-refractivity contribution in [1.82, 2.24) is 10.2 Å². The Morgan fingerprint density at radius 1 is 1.24 bits per heavy atom. The molecule has 3 aromatic rings. The van der Waals surface area contributed by atoms with Crippen LogP contribution < -0.4 is 10.1 Å². The fourth-order valence-corrected chi connectivity index (χ4v) is 2.21. The molecule has 2 heterocycles. The third-order valence-electron chi connectivity index (χ3n) is 3.28. The van der Waals surface area contributed by atoms with E-state index in [9.17, 15) is 0 Å². The Morgan fingerprint density at radius 3 is 2.86 bits per heavy atom. The van der Waals surface area contributed by atoms with Gasteiger partial charge in [0.25, 0.3) is 0 Å². The number of methoxy groups -OCH3 is 1. The molecule has 0 saturated heterocycles. The van der Waals surface area contributed by atoms with E-state index in [1.54, 1.807) is 13.3 Å². The Labute approximate surface area is 122 Å². The summed E-state index contributed by atoms with van der Waals surface area (Å²) in [6.45, 7) is 2.55. The van der Waals surface area contributed by atoms with E-state index in [0.717, 1.165) is 34.2 Å². The summed E-state index contributed by atoms with van der Waals surface area (Å²) in [4.78, 5) is 0. The number of aromatic nitrogens is 2. The first-order valence-corrected chi connectivity index (χ1v) is 6.74. The molecule has 3 rings (SSSR count). The Kier molecular flexibility index (Phi) is 3.64. The smallest absolute Gasteiger partial charge is 0.152 e. The molecular weight excluding hydrogens is 266 g/mol. The second-order valence-corrected chi connectivity index (χ2v) is 4.73. The van der Waals surface area contributed by atoms with Gasteiger partial charge in [-0.05, 0) is 31.2 Å². The minimum Gasteiger partial charge on any atom is -0.495 e. The van der Waals surface area contributed by atoms with Gasteiger partial charge in [-0.1, -0.05) is 12.1 Å². The zero-order chi connectivity index (χ0) is 14.7. The second-order valence-electron chi connectivity index (χ2n) is 4.73. The lowest BCUT2D eigenvalue weighted by Crippen LogP contribution is -2.01. The van der Waals surface area contributed by atoms with Crippen molar-refractivity contribution in [2.24, 2.45) is 0 Å². The number of benzene rings is 1. The number of aryl methyl sites for hydroxylation is 1. The zero-order valence-electron chi connectivity index (χ0n) is 12.0. The molecule has 2 N–H and O–H groups in total. The number of para-hydroxylation sites is 2. The van der Waals surface area contributed by atoms with Crippen LogP contribution in [-0.2, 0) is 6.54 Å². The average molecular weight is 283 g/mol. The molecule has 0 radical (unpaired) electrons. The van der Waals surface area contributed by atoms with Crippen molar-refractivity contribution in [3.8, 4) is 17.2 Å². The first kappa shape index (κ1) is 13.3. The van der Waals surface area contributed by atoms with Crippen LogP contribution in [0.15, 0.2) is 47.0 Å². The van der Waals surface area contributed by atoms with Gasteiger partial charge < -0.3 is 14.5 Å². The molecule has 0 saturated carbocycles. The minimum absolute atomic E-state index is 0.631. The lowest BCUT2D eigenvalue weighted by molar-refractivity contribution is 0.416. The molecular formula is C16H17N3O2. The standard InChI is InChI=1S/C16H17N3O2/c1-11-7-8-15(21-11)16-12(10-18-19-16)9-17-13-5-3-4-6-14(13)20-2/h3-8,10,17H,9H2,1-2H3,(H,18,19). The van der Waals surface area contributed by atoms with Crippen molar-refractivity contribution in [2.75, 3.05) is 12.4 Å². The van der Waals surface area contributed by atoms with E-state index < -0.39 is 0 Å². The van der Waals surface area contributed by atoms with Gasteiger partial charge in [0, 0.05) is 12.1 Å². The van der Waals surface area contributed by atoms with Crippen LogP contribution in [0.25, 0.3) is 11.5 Å². The predicted octanol–water partition coefficient (Wildman–Crippen LogP) is 3.60. The van der Waals surface area contributed by atoms with E-state index in [2.05, 4.69) is 15.5 Å². The maximum absolute atomic E-state index is 5.64. The fraction of sp³-hybridized carbons (Fsp3) is 0.188. The van der Waals surface area contributed by atoms with Gasteiger partial charge in [-0.3, -0.25) is 5.10 Å². The van der Waals surface area contributed by atoms with Crippen molar-refractivity contribution < 1.29 is 9.15 Å². The van der Waals surface area contributed by atoms with Crippen molar-refractivity contribution in [2.45, 2.75) is 13.5 Å². The molecule has 0 fully saturated rings. The summed E-state index contributed by atoms with van der Waals surface area (Å²) >= 11 is 0. The fourth-order valence-electron chi connectivity index (χ4n) is 2.21. The van der Waals surface area contributed by atoms with E-state index in [1.807, 2.05) is 43.3 Å². The predicted molar refractivity (Wildman–Crippen MR) is 81.3 cm³/mol. The van der Waals surface area contributed by atoms with Gasteiger partial charge in [0.05, 0.1) is 19.0 Å². The summed E-state index contributed by atoms with van der Waals surface area (Å²) in [6.07, 6.45) is 1.80. The normalized spacial score (nSPS) is 10.6. The summed E-state index contributed by atoms with van der Waals surface area (Å²) in [5.41, 5.74) is 2.88. The maximum Gasteiger partial charge on any atom is 0.152 e. The van der Waals surface area contributed by atoms with Crippen LogP contribution in [0.2, 0.25) is 0 Å². The molecule has 108 valence electrons. The summed E-state index contributed by atoms with van der Waals surface area (Å²) in [5, 5.41) is 10.4. The van der Waals surface area contributed by atoms with Crippen molar-refractivity contribution >= 4 is 5.69 Å². The average Bonchev–Trinajstić information content (AvgIpc) is 3.13. The highest BCUT2D eigenvalue weighted by Crippen LogP contribution is 2.26.